The summed E-state index contributed by atoms with van der Waals surface area (Å²) in [5.74, 6) is 0.178. The zero-order chi connectivity index (χ0) is 26.2. The molecule has 0 saturated heterocycles. The second kappa shape index (κ2) is 9.70. The van der Waals surface area contributed by atoms with E-state index in [1.165, 1.54) is 22.3 Å². The predicted molar refractivity (Wildman–Crippen MR) is 162 cm³/mol. The molecule has 39 heavy (non-hydrogen) atoms. The Bertz CT molecular complexity index is 1830. The van der Waals surface area contributed by atoms with E-state index < -0.39 is 0 Å². The van der Waals surface area contributed by atoms with Gasteiger partial charge in [-0.1, -0.05) is 127 Å². The van der Waals surface area contributed by atoms with Crippen LogP contribution in [-0.4, -0.2) is 5.78 Å². The first kappa shape index (κ1) is 23.1. The summed E-state index contributed by atoms with van der Waals surface area (Å²) in [6, 6.07) is 50.8. The fourth-order valence-electron chi connectivity index (χ4n) is 5.75. The molecule has 7 rings (SSSR count). The van der Waals surface area contributed by atoms with E-state index in [-0.39, 0.29) is 5.78 Å². The molecule has 1 aliphatic rings. The van der Waals surface area contributed by atoms with E-state index in [2.05, 4.69) is 133 Å². The first-order chi connectivity index (χ1) is 19.2. The first-order valence-electron chi connectivity index (χ1n) is 13.4. The lowest BCUT2D eigenvalue weighted by Crippen LogP contribution is -2.14. The van der Waals surface area contributed by atoms with Crippen molar-refractivity contribution >= 4 is 5.78 Å². The zero-order valence-corrected chi connectivity index (χ0v) is 21.5. The summed E-state index contributed by atoms with van der Waals surface area (Å²) in [6.45, 7) is 0. The number of carbonyl (C=O) groups is 1. The van der Waals surface area contributed by atoms with Crippen LogP contribution in [0.1, 0.15) is 15.9 Å². The van der Waals surface area contributed by atoms with Gasteiger partial charge in [0.2, 0.25) is 0 Å². The Morgan fingerprint density at radius 3 is 1.51 bits per heavy atom. The van der Waals surface area contributed by atoms with E-state index in [0.717, 1.165) is 44.5 Å². The maximum absolute atomic E-state index is 13.6. The second-order valence-electron chi connectivity index (χ2n) is 10.1. The Kier molecular flexibility index (Phi) is 5.75. The van der Waals surface area contributed by atoms with Crippen LogP contribution in [0.5, 0.6) is 0 Å². The lowest BCUT2D eigenvalue weighted by Gasteiger charge is -2.23. The molecule has 0 amide bonds. The topological polar surface area (TPSA) is 17.1 Å². The maximum Gasteiger partial charge on any atom is 0.168 e. The minimum atomic E-state index is 0.178. The molecular weight excluding hydrogens is 472 g/mol. The Morgan fingerprint density at radius 1 is 0.359 bits per heavy atom. The third kappa shape index (κ3) is 4.28. The van der Waals surface area contributed by atoms with Gasteiger partial charge in [0.25, 0.3) is 0 Å². The van der Waals surface area contributed by atoms with Crippen molar-refractivity contribution in [2.24, 2.45) is 0 Å². The van der Waals surface area contributed by atoms with E-state index in [4.69, 9.17) is 0 Å². The second-order valence-corrected chi connectivity index (χ2v) is 10.1. The summed E-state index contributed by atoms with van der Waals surface area (Å²) >= 11 is 0. The SMILES string of the molecule is O=C1Cc2ccc(-c3cccc(-c4ccccc4)c3)cc2-c2cccc(-c3cccc(-c4ccccc4)c3)c21. The average Bonchev–Trinajstić information content (AvgIpc) is 3.02. The number of ketones is 1. The number of fused-ring (bicyclic) bond motifs is 3. The van der Waals surface area contributed by atoms with E-state index in [0.29, 0.717) is 6.42 Å². The summed E-state index contributed by atoms with van der Waals surface area (Å²) in [5, 5.41) is 0. The standard InChI is InChI=1S/C38H26O/c39-37-25-33-21-20-31(30-16-7-14-28(22-30)26-10-3-1-4-11-26)24-36(33)35-19-9-18-34(38(35)37)32-17-8-15-29(23-32)27-12-5-2-6-13-27/h1-24H,25H2. The molecule has 0 radical (unpaired) electrons. The van der Waals surface area contributed by atoms with Crippen molar-refractivity contribution in [3.8, 4) is 55.6 Å². The summed E-state index contributed by atoms with van der Waals surface area (Å²) in [4.78, 5) is 13.6. The Labute approximate surface area is 229 Å². The largest absolute Gasteiger partial charge is 0.294 e. The van der Waals surface area contributed by atoms with E-state index in [1.54, 1.807) is 0 Å². The molecule has 1 aliphatic carbocycles. The lowest BCUT2D eigenvalue weighted by molar-refractivity contribution is 0.0992. The third-order valence-electron chi connectivity index (χ3n) is 7.68. The van der Waals surface area contributed by atoms with Crippen molar-refractivity contribution in [3.63, 3.8) is 0 Å². The fraction of sp³-hybridized carbons (Fsp3) is 0.0263. The van der Waals surface area contributed by atoms with Crippen LogP contribution in [0.4, 0.5) is 0 Å². The van der Waals surface area contributed by atoms with Gasteiger partial charge in [-0.2, -0.15) is 0 Å². The molecule has 0 aliphatic heterocycles. The Balaban J connectivity index is 1.33. The number of hydrogen-bond acceptors (Lipinski definition) is 1. The van der Waals surface area contributed by atoms with Crippen molar-refractivity contribution in [1.29, 1.82) is 0 Å². The molecule has 0 atom stereocenters. The highest BCUT2D eigenvalue weighted by atomic mass is 16.1. The molecule has 0 aromatic heterocycles. The maximum atomic E-state index is 13.6. The van der Waals surface area contributed by atoms with Gasteiger partial charge in [0.15, 0.2) is 5.78 Å². The molecule has 0 fully saturated rings. The van der Waals surface area contributed by atoms with Crippen molar-refractivity contribution < 1.29 is 4.79 Å². The van der Waals surface area contributed by atoms with Crippen LogP contribution in [0.25, 0.3) is 55.6 Å². The van der Waals surface area contributed by atoms with E-state index in [1.807, 2.05) is 12.1 Å². The van der Waals surface area contributed by atoms with Gasteiger partial charge in [0, 0.05) is 12.0 Å². The van der Waals surface area contributed by atoms with Gasteiger partial charge in [-0.15, -0.1) is 0 Å². The van der Waals surface area contributed by atoms with Crippen LogP contribution >= 0.6 is 0 Å². The molecule has 0 spiro atoms. The molecule has 1 nitrogen and oxygen atoms in total. The summed E-state index contributed by atoms with van der Waals surface area (Å²) < 4.78 is 0. The summed E-state index contributed by atoms with van der Waals surface area (Å²) in [5.41, 5.74) is 13.2. The third-order valence-corrected chi connectivity index (χ3v) is 7.68. The number of Topliss-reactive ketones (excluding diaryl/α,β-unsaturated/α-hetero) is 1. The van der Waals surface area contributed by atoms with Gasteiger partial charge in [-0.3, -0.25) is 4.79 Å². The molecule has 1 heteroatoms. The Morgan fingerprint density at radius 2 is 0.846 bits per heavy atom. The minimum absolute atomic E-state index is 0.178. The normalized spacial score (nSPS) is 12.1. The molecule has 0 heterocycles. The number of benzene rings is 6. The van der Waals surface area contributed by atoms with Crippen molar-refractivity contribution in [2.75, 3.05) is 0 Å². The van der Waals surface area contributed by atoms with Crippen LogP contribution in [0, 0.1) is 0 Å². The van der Waals surface area contributed by atoms with Crippen LogP contribution in [-0.2, 0) is 6.42 Å². The molecule has 184 valence electrons. The van der Waals surface area contributed by atoms with Gasteiger partial charge in [0.05, 0.1) is 0 Å². The van der Waals surface area contributed by atoms with Crippen LogP contribution in [0.15, 0.2) is 146 Å². The average molecular weight is 499 g/mol. The van der Waals surface area contributed by atoms with Gasteiger partial charge in [-0.25, -0.2) is 0 Å². The van der Waals surface area contributed by atoms with Crippen molar-refractivity contribution in [3.05, 3.63) is 157 Å². The van der Waals surface area contributed by atoms with Crippen LogP contribution in [0.2, 0.25) is 0 Å². The molecule has 0 bridgehead atoms. The van der Waals surface area contributed by atoms with Gasteiger partial charge in [-0.05, 0) is 79.4 Å². The molecule has 0 unspecified atom stereocenters. The molecule has 6 aromatic carbocycles. The minimum Gasteiger partial charge on any atom is -0.294 e. The van der Waals surface area contributed by atoms with E-state index in [9.17, 15) is 4.79 Å². The Hall–Kier alpha value is -5.01. The zero-order valence-electron chi connectivity index (χ0n) is 21.5. The van der Waals surface area contributed by atoms with Crippen LogP contribution < -0.4 is 0 Å². The van der Waals surface area contributed by atoms with E-state index >= 15 is 0 Å². The summed E-state index contributed by atoms with van der Waals surface area (Å²) in [7, 11) is 0. The quantitative estimate of drug-likeness (QED) is 0.236. The number of hydrogen-bond donors (Lipinski definition) is 0. The van der Waals surface area contributed by atoms with Crippen molar-refractivity contribution in [2.45, 2.75) is 6.42 Å². The molecule has 6 aromatic rings. The van der Waals surface area contributed by atoms with Crippen LogP contribution in [0.3, 0.4) is 0 Å². The van der Waals surface area contributed by atoms with Gasteiger partial charge in [0.1, 0.15) is 0 Å². The van der Waals surface area contributed by atoms with Gasteiger partial charge < -0.3 is 0 Å². The monoisotopic (exact) mass is 498 g/mol. The molecule has 0 saturated carbocycles. The highest BCUT2D eigenvalue weighted by Crippen LogP contribution is 2.41. The highest BCUT2D eigenvalue weighted by molar-refractivity contribution is 6.12. The predicted octanol–water partition coefficient (Wildman–Crippen LogP) is 9.76. The fourth-order valence-corrected chi connectivity index (χ4v) is 5.75. The van der Waals surface area contributed by atoms with Crippen molar-refractivity contribution in [1.82, 2.24) is 0 Å². The number of rotatable bonds is 4. The number of carbonyl (C=O) groups excluding carboxylic acids is 1. The van der Waals surface area contributed by atoms with Gasteiger partial charge >= 0.3 is 0 Å². The highest BCUT2D eigenvalue weighted by Gasteiger charge is 2.26. The summed E-state index contributed by atoms with van der Waals surface area (Å²) in [6.07, 6.45) is 0.419. The molecular formula is C38H26O. The first-order valence-corrected chi connectivity index (χ1v) is 13.4. The lowest BCUT2D eigenvalue weighted by atomic mass is 9.80. The smallest absolute Gasteiger partial charge is 0.168 e. The molecule has 0 N–H and O–H groups in total.